The zero-order chi connectivity index (χ0) is 17.7. The highest BCUT2D eigenvalue weighted by Crippen LogP contribution is 2.37. The second kappa shape index (κ2) is 5.94. The van der Waals surface area contributed by atoms with Gasteiger partial charge in [-0.05, 0) is 66.8 Å². The maximum absolute atomic E-state index is 12.5. The molecule has 1 aliphatic heterocycles. The lowest BCUT2D eigenvalue weighted by Crippen LogP contribution is -2.41. The van der Waals surface area contributed by atoms with Crippen molar-refractivity contribution in [2.24, 2.45) is 0 Å². The molecule has 0 fully saturated rings. The highest BCUT2D eigenvalue weighted by atomic mass is 16.2. The average molecular weight is 343 g/mol. The molecule has 0 atom stereocenters. The van der Waals surface area contributed by atoms with Crippen molar-refractivity contribution in [1.29, 1.82) is 0 Å². The first-order chi connectivity index (χ1) is 12.7. The third-order valence-electron chi connectivity index (χ3n) is 5.90. The van der Waals surface area contributed by atoms with Gasteiger partial charge in [0.05, 0.1) is 5.56 Å². The van der Waals surface area contributed by atoms with E-state index in [1.807, 2.05) is 18.2 Å². The smallest absolute Gasteiger partial charge is 0.250 e. The van der Waals surface area contributed by atoms with Gasteiger partial charge < -0.3 is 4.90 Å². The van der Waals surface area contributed by atoms with Gasteiger partial charge in [0, 0.05) is 12.2 Å². The summed E-state index contributed by atoms with van der Waals surface area (Å²) in [6, 6.07) is 14.5. The van der Waals surface area contributed by atoms with Crippen molar-refractivity contribution in [3.8, 4) is 11.1 Å². The molecule has 0 unspecified atom stereocenters. The summed E-state index contributed by atoms with van der Waals surface area (Å²) in [7, 11) is 0. The van der Waals surface area contributed by atoms with Crippen molar-refractivity contribution < 1.29 is 0 Å². The predicted octanol–water partition coefficient (Wildman–Crippen LogP) is 3.91. The summed E-state index contributed by atoms with van der Waals surface area (Å²) in [5, 5.41) is 0. The lowest BCUT2D eigenvalue weighted by Gasteiger charge is -2.33. The van der Waals surface area contributed by atoms with Gasteiger partial charge in [-0.15, -0.1) is 0 Å². The van der Waals surface area contributed by atoms with Gasteiger partial charge in [-0.3, -0.25) is 9.59 Å². The van der Waals surface area contributed by atoms with Crippen LogP contribution < -0.4 is 15.8 Å². The molecule has 1 aliphatic carbocycles. The number of rotatable bonds is 2. The molecule has 3 nitrogen and oxygen atoms in total. The molecule has 3 aromatic rings. The van der Waals surface area contributed by atoms with Crippen molar-refractivity contribution >= 4 is 11.4 Å². The van der Waals surface area contributed by atoms with Crippen molar-refractivity contribution in [1.82, 2.24) is 0 Å². The van der Waals surface area contributed by atoms with E-state index < -0.39 is 0 Å². The molecule has 5 rings (SSSR count). The van der Waals surface area contributed by atoms with Crippen LogP contribution in [0.2, 0.25) is 0 Å². The molecule has 3 aromatic carbocycles. The standard InChI is InChI=1S/C23H21NO2/c25-22-20(18-12-11-15-6-1-2-8-17(15)14-18)21(23(22)26)24-13-5-9-16-7-3-4-10-19(16)24/h3-4,7,10-12,14H,1-2,5-6,8-9,13H2. The number of anilines is 2. The minimum Gasteiger partial charge on any atom is -0.337 e. The molecule has 0 saturated carbocycles. The van der Waals surface area contributed by atoms with Crippen molar-refractivity contribution in [3.05, 3.63) is 79.6 Å². The van der Waals surface area contributed by atoms with E-state index in [9.17, 15) is 9.59 Å². The fourth-order valence-corrected chi connectivity index (χ4v) is 4.56. The summed E-state index contributed by atoms with van der Waals surface area (Å²) in [5.41, 5.74) is 6.50. The maximum Gasteiger partial charge on any atom is 0.250 e. The molecule has 0 spiro atoms. The Balaban J connectivity index is 1.63. The van der Waals surface area contributed by atoms with Crippen molar-refractivity contribution in [2.45, 2.75) is 38.5 Å². The van der Waals surface area contributed by atoms with E-state index in [0.29, 0.717) is 11.3 Å². The van der Waals surface area contributed by atoms with Gasteiger partial charge in [0.25, 0.3) is 5.43 Å². The molecular weight excluding hydrogens is 322 g/mol. The Kier molecular flexibility index (Phi) is 3.56. The zero-order valence-corrected chi connectivity index (χ0v) is 14.8. The molecule has 3 heteroatoms. The quantitative estimate of drug-likeness (QED) is 0.662. The molecular formula is C23H21NO2. The summed E-state index contributed by atoms with van der Waals surface area (Å²) < 4.78 is 0. The van der Waals surface area contributed by atoms with Crippen LogP contribution >= 0.6 is 0 Å². The van der Waals surface area contributed by atoms with Crippen LogP contribution in [0.15, 0.2) is 52.1 Å². The third-order valence-corrected chi connectivity index (χ3v) is 5.90. The van der Waals surface area contributed by atoms with Crippen molar-refractivity contribution in [2.75, 3.05) is 11.4 Å². The first kappa shape index (κ1) is 15.6. The first-order valence-corrected chi connectivity index (χ1v) is 9.55. The second-order valence-corrected chi connectivity index (χ2v) is 7.46. The van der Waals surface area contributed by atoms with E-state index in [1.54, 1.807) is 0 Å². The van der Waals surface area contributed by atoms with Crippen LogP contribution in [0.5, 0.6) is 0 Å². The minimum atomic E-state index is -0.338. The van der Waals surface area contributed by atoms with Crippen LogP contribution in [0.1, 0.15) is 36.0 Å². The Bertz CT molecular complexity index is 1070. The van der Waals surface area contributed by atoms with Gasteiger partial charge in [-0.1, -0.05) is 36.4 Å². The summed E-state index contributed by atoms with van der Waals surface area (Å²) in [4.78, 5) is 27.0. The van der Waals surface area contributed by atoms with E-state index >= 15 is 0 Å². The van der Waals surface area contributed by atoms with Gasteiger partial charge >= 0.3 is 0 Å². The summed E-state index contributed by atoms with van der Waals surface area (Å²) in [5.74, 6) is 0. The Morgan fingerprint density at radius 3 is 2.38 bits per heavy atom. The highest BCUT2D eigenvalue weighted by molar-refractivity contribution is 5.87. The summed E-state index contributed by atoms with van der Waals surface area (Å²) in [6.45, 7) is 0.791. The number of para-hydroxylation sites is 1. The van der Waals surface area contributed by atoms with Gasteiger partial charge in [-0.25, -0.2) is 0 Å². The molecule has 0 N–H and O–H groups in total. The van der Waals surface area contributed by atoms with Crippen LogP contribution in [0, 0.1) is 0 Å². The first-order valence-electron chi connectivity index (χ1n) is 9.55. The topological polar surface area (TPSA) is 37.4 Å². The molecule has 0 aromatic heterocycles. The fourth-order valence-electron chi connectivity index (χ4n) is 4.56. The van der Waals surface area contributed by atoms with E-state index in [4.69, 9.17) is 0 Å². The van der Waals surface area contributed by atoms with Gasteiger partial charge in [0.15, 0.2) is 0 Å². The maximum atomic E-state index is 12.5. The largest absolute Gasteiger partial charge is 0.337 e. The molecule has 0 radical (unpaired) electrons. The molecule has 1 heterocycles. The molecule has 0 bridgehead atoms. The number of hydrogen-bond donors (Lipinski definition) is 0. The molecule has 2 aliphatic rings. The van der Waals surface area contributed by atoms with Gasteiger partial charge in [-0.2, -0.15) is 0 Å². The zero-order valence-electron chi connectivity index (χ0n) is 14.8. The van der Waals surface area contributed by atoms with Crippen LogP contribution in [-0.4, -0.2) is 6.54 Å². The lowest BCUT2D eigenvalue weighted by atomic mass is 9.87. The lowest BCUT2D eigenvalue weighted by molar-refractivity contribution is 0.686. The van der Waals surface area contributed by atoms with Crippen molar-refractivity contribution in [3.63, 3.8) is 0 Å². The number of benzene rings is 2. The highest BCUT2D eigenvalue weighted by Gasteiger charge is 2.30. The van der Waals surface area contributed by atoms with Crippen LogP contribution in [0.3, 0.4) is 0 Å². The predicted molar refractivity (Wildman–Crippen MR) is 105 cm³/mol. The minimum absolute atomic E-state index is 0.334. The molecule has 0 amide bonds. The summed E-state index contributed by atoms with van der Waals surface area (Å²) in [6.07, 6.45) is 6.65. The Hall–Kier alpha value is -2.68. The molecule has 0 saturated heterocycles. The van der Waals surface area contributed by atoms with E-state index in [2.05, 4.69) is 29.2 Å². The molecule has 130 valence electrons. The van der Waals surface area contributed by atoms with Gasteiger partial charge in [0.1, 0.15) is 5.69 Å². The number of aryl methyl sites for hydroxylation is 3. The van der Waals surface area contributed by atoms with Gasteiger partial charge in [0.2, 0.25) is 5.43 Å². The number of nitrogens with zero attached hydrogens (tertiary/aromatic N) is 1. The van der Waals surface area contributed by atoms with Crippen LogP contribution in [0.25, 0.3) is 11.1 Å². The SMILES string of the molecule is O=c1c(-c2ccc3c(c2)CCCC3)c(N2CCCc3ccccc32)c1=O. The summed E-state index contributed by atoms with van der Waals surface area (Å²) >= 11 is 0. The average Bonchev–Trinajstić information content (AvgIpc) is 2.70. The second-order valence-electron chi connectivity index (χ2n) is 7.46. The number of fused-ring (bicyclic) bond motifs is 2. The number of hydrogen-bond acceptors (Lipinski definition) is 3. The Labute approximate surface area is 152 Å². The fraction of sp³-hybridized carbons (Fsp3) is 0.304. The normalized spacial score (nSPS) is 16.4. The van der Waals surface area contributed by atoms with E-state index in [0.717, 1.165) is 43.5 Å². The van der Waals surface area contributed by atoms with Crippen LogP contribution in [-0.2, 0) is 19.3 Å². The Morgan fingerprint density at radius 2 is 1.50 bits per heavy atom. The molecule has 26 heavy (non-hydrogen) atoms. The monoisotopic (exact) mass is 343 g/mol. The van der Waals surface area contributed by atoms with E-state index in [-0.39, 0.29) is 10.9 Å². The van der Waals surface area contributed by atoms with Crippen LogP contribution in [0.4, 0.5) is 11.4 Å². The third kappa shape index (κ3) is 2.27. The van der Waals surface area contributed by atoms with E-state index in [1.165, 1.54) is 29.5 Å². The Morgan fingerprint density at radius 1 is 0.731 bits per heavy atom.